The van der Waals surface area contributed by atoms with E-state index in [4.69, 9.17) is 14.4 Å². The normalized spacial score (nSPS) is 17.3. The maximum atomic E-state index is 12.7. The van der Waals surface area contributed by atoms with Crippen molar-refractivity contribution in [3.8, 4) is 11.8 Å². The monoisotopic (exact) mass is 578 g/mol. The molecule has 2 N–H and O–H groups in total. The fourth-order valence-corrected chi connectivity index (χ4v) is 5.64. The van der Waals surface area contributed by atoms with E-state index in [1.54, 1.807) is 12.1 Å². The molecule has 0 aliphatic carbocycles. The van der Waals surface area contributed by atoms with Gasteiger partial charge in [0.2, 0.25) is 5.91 Å². The summed E-state index contributed by atoms with van der Waals surface area (Å²) in [6.07, 6.45) is 4.02. The molecule has 198 valence electrons. The quantitative estimate of drug-likeness (QED) is 0.438. The Morgan fingerprint density at radius 2 is 1.92 bits per heavy atom. The van der Waals surface area contributed by atoms with Crippen molar-refractivity contribution in [2.45, 2.75) is 50.8 Å². The summed E-state index contributed by atoms with van der Waals surface area (Å²) >= 11 is 3.68. The van der Waals surface area contributed by atoms with E-state index in [0.29, 0.717) is 22.3 Å². The first-order valence-electron chi connectivity index (χ1n) is 13.1. The minimum Gasteiger partial charge on any atom is -0.489 e. The Kier molecular flexibility index (Phi) is 8.42. The number of benzene rings is 2. The Morgan fingerprint density at radius 1 is 1.13 bits per heavy atom. The van der Waals surface area contributed by atoms with Gasteiger partial charge in [-0.15, -0.1) is 0 Å². The van der Waals surface area contributed by atoms with Crippen LogP contribution in [0.25, 0.3) is 11.0 Å². The fourth-order valence-electron chi connectivity index (χ4n) is 5.12. The second-order valence-corrected chi connectivity index (χ2v) is 10.9. The average Bonchev–Trinajstić information content (AvgIpc) is 2.91. The summed E-state index contributed by atoms with van der Waals surface area (Å²) in [7, 11) is 0. The van der Waals surface area contributed by atoms with E-state index in [2.05, 4.69) is 49.7 Å². The summed E-state index contributed by atoms with van der Waals surface area (Å²) < 4.78 is 12.9. The van der Waals surface area contributed by atoms with Gasteiger partial charge in [0.05, 0.1) is 27.9 Å². The van der Waals surface area contributed by atoms with Crippen LogP contribution in [0, 0.1) is 11.3 Å². The molecule has 0 atom stereocenters. The molecule has 0 spiro atoms. The first-order chi connectivity index (χ1) is 18.5. The molecule has 0 radical (unpaired) electrons. The molecule has 0 bridgehead atoms. The number of rotatable bonds is 7. The first-order valence-corrected chi connectivity index (χ1v) is 13.9. The van der Waals surface area contributed by atoms with E-state index in [0.717, 1.165) is 68.6 Å². The van der Waals surface area contributed by atoms with Gasteiger partial charge < -0.3 is 19.8 Å². The van der Waals surface area contributed by atoms with Crippen LogP contribution < -0.4 is 20.8 Å². The molecule has 1 amide bonds. The van der Waals surface area contributed by atoms with E-state index in [1.165, 1.54) is 17.7 Å². The Bertz CT molecular complexity index is 1400. The van der Waals surface area contributed by atoms with E-state index in [9.17, 15) is 9.59 Å². The Labute approximate surface area is 230 Å². The number of halogens is 1. The Hall–Kier alpha value is -3.19. The number of nitrogens with zero attached hydrogens (tertiary/aromatic N) is 2. The number of nitriles is 1. The zero-order chi connectivity index (χ0) is 26.5. The second-order valence-electron chi connectivity index (χ2n) is 10.0. The summed E-state index contributed by atoms with van der Waals surface area (Å²) in [5.74, 6) is 1.02. The van der Waals surface area contributed by atoms with Crippen molar-refractivity contribution in [2.75, 3.05) is 26.2 Å². The van der Waals surface area contributed by atoms with Gasteiger partial charge in [0.1, 0.15) is 23.2 Å². The molecule has 9 heteroatoms. The molecular weight excluding hydrogens is 548 g/mol. The van der Waals surface area contributed by atoms with Crippen LogP contribution in [0.4, 0.5) is 0 Å². The lowest BCUT2D eigenvalue weighted by Gasteiger charge is -2.32. The SMILES string of the molecule is N#Cc1ccc2c(=O)cc(CC(=O)NC3CCN(Cc4ccc(OC5CCNCC5)c(Br)c4)CC3)oc2c1. The van der Waals surface area contributed by atoms with E-state index < -0.39 is 0 Å². The molecule has 2 saturated heterocycles. The first kappa shape index (κ1) is 26.4. The fraction of sp³-hybridized carbons (Fsp3) is 0.414. The molecule has 2 aliphatic heterocycles. The molecule has 2 aliphatic rings. The maximum absolute atomic E-state index is 12.7. The zero-order valence-corrected chi connectivity index (χ0v) is 22.8. The third-order valence-corrected chi connectivity index (χ3v) is 7.80. The highest BCUT2D eigenvalue weighted by Crippen LogP contribution is 2.29. The minimum atomic E-state index is -0.218. The van der Waals surface area contributed by atoms with Crippen LogP contribution in [-0.4, -0.2) is 49.1 Å². The van der Waals surface area contributed by atoms with Gasteiger partial charge in [0, 0.05) is 31.7 Å². The molecule has 2 fully saturated rings. The predicted octanol–water partition coefficient (Wildman–Crippen LogP) is 3.88. The summed E-state index contributed by atoms with van der Waals surface area (Å²) in [5, 5.41) is 15.9. The lowest BCUT2D eigenvalue weighted by atomic mass is 10.0. The third kappa shape index (κ3) is 6.62. The molecule has 38 heavy (non-hydrogen) atoms. The molecule has 3 heterocycles. The van der Waals surface area contributed by atoms with Gasteiger partial charge in [-0.05, 0) is 90.6 Å². The number of likely N-dealkylation sites (tertiary alicyclic amines) is 1. The number of hydrogen-bond donors (Lipinski definition) is 2. The Balaban J connectivity index is 1.10. The number of hydrogen-bond acceptors (Lipinski definition) is 7. The third-order valence-electron chi connectivity index (χ3n) is 7.18. The summed E-state index contributed by atoms with van der Waals surface area (Å²) in [6.45, 7) is 4.62. The Morgan fingerprint density at radius 3 is 2.66 bits per heavy atom. The molecule has 0 unspecified atom stereocenters. The maximum Gasteiger partial charge on any atom is 0.227 e. The minimum absolute atomic E-state index is 0.0119. The topological polar surface area (TPSA) is 108 Å². The molecular formula is C29H31BrN4O4. The van der Waals surface area contributed by atoms with Crippen LogP contribution >= 0.6 is 15.9 Å². The zero-order valence-electron chi connectivity index (χ0n) is 21.2. The van der Waals surface area contributed by atoms with Crippen LogP contribution in [-0.2, 0) is 17.8 Å². The largest absolute Gasteiger partial charge is 0.489 e. The second kappa shape index (κ2) is 12.1. The van der Waals surface area contributed by atoms with Crippen molar-refractivity contribution in [3.63, 3.8) is 0 Å². The van der Waals surface area contributed by atoms with E-state index in [-0.39, 0.29) is 29.9 Å². The van der Waals surface area contributed by atoms with Crippen molar-refractivity contribution >= 4 is 32.8 Å². The number of fused-ring (bicyclic) bond motifs is 1. The van der Waals surface area contributed by atoms with Crippen LogP contribution in [0.2, 0.25) is 0 Å². The van der Waals surface area contributed by atoms with E-state index >= 15 is 0 Å². The molecule has 2 aromatic carbocycles. The van der Waals surface area contributed by atoms with Gasteiger partial charge in [0.15, 0.2) is 5.43 Å². The summed E-state index contributed by atoms with van der Waals surface area (Å²) in [5.41, 5.74) is 1.74. The van der Waals surface area contributed by atoms with Crippen molar-refractivity contribution in [3.05, 3.63) is 74.0 Å². The van der Waals surface area contributed by atoms with Crippen LogP contribution in [0.3, 0.4) is 0 Å². The highest BCUT2D eigenvalue weighted by Gasteiger charge is 2.22. The summed E-state index contributed by atoms with van der Waals surface area (Å²) in [4.78, 5) is 27.5. The van der Waals surface area contributed by atoms with Gasteiger partial charge in [-0.25, -0.2) is 0 Å². The van der Waals surface area contributed by atoms with E-state index in [1.807, 2.05) is 6.07 Å². The number of ether oxygens (including phenoxy) is 1. The van der Waals surface area contributed by atoms with Crippen molar-refractivity contribution in [1.82, 2.24) is 15.5 Å². The van der Waals surface area contributed by atoms with Crippen molar-refractivity contribution < 1.29 is 13.9 Å². The van der Waals surface area contributed by atoms with Gasteiger partial charge in [-0.3, -0.25) is 14.5 Å². The smallest absolute Gasteiger partial charge is 0.227 e. The number of piperidine rings is 2. The van der Waals surface area contributed by atoms with Crippen molar-refractivity contribution in [1.29, 1.82) is 5.26 Å². The predicted molar refractivity (Wildman–Crippen MR) is 148 cm³/mol. The number of carbonyl (C=O) groups is 1. The number of nitrogens with one attached hydrogen (secondary N) is 2. The molecule has 1 aromatic heterocycles. The highest BCUT2D eigenvalue weighted by atomic mass is 79.9. The highest BCUT2D eigenvalue weighted by molar-refractivity contribution is 9.10. The van der Waals surface area contributed by atoms with Crippen molar-refractivity contribution in [2.24, 2.45) is 0 Å². The molecule has 0 saturated carbocycles. The molecule has 8 nitrogen and oxygen atoms in total. The van der Waals surface area contributed by atoms with Gasteiger partial charge in [0.25, 0.3) is 0 Å². The van der Waals surface area contributed by atoms with Crippen LogP contribution in [0.5, 0.6) is 5.75 Å². The lowest BCUT2D eigenvalue weighted by Crippen LogP contribution is -2.44. The number of amides is 1. The van der Waals surface area contributed by atoms with Crippen LogP contribution in [0.1, 0.15) is 42.6 Å². The standard InChI is InChI=1S/C29H31BrN4O4/c30-25-13-20(2-4-27(25)37-22-5-9-32-10-6-22)18-34-11-7-21(8-12-34)33-29(36)16-23-15-26(35)24-3-1-19(17-31)14-28(24)38-23/h1-4,13-15,21-22,32H,5-12,16,18H2,(H,33,36). The summed E-state index contributed by atoms with van der Waals surface area (Å²) in [6, 6.07) is 14.5. The van der Waals surface area contributed by atoms with Crippen LogP contribution in [0.15, 0.2) is 56.1 Å². The lowest BCUT2D eigenvalue weighted by molar-refractivity contribution is -0.121. The van der Waals surface area contributed by atoms with Gasteiger partial charge in [-0.2, -0.15) is 5.26 Å². The molecule has 3 aromatic rings. The van der Waals surface area contributed by atoms with Gasteiger partial charge >= 0.3 is 0 Å². The number of carbonyl (C=O) groups excluding carboxylic acids is 1. The molecule has 5 rings (SSSR count). The van der Waals surface area contributed by atoms with Gasteiger partial charge in [-0.1, -0.05) is 6.07 Å². The average molecular weight is 579 g/mol.